The number of piperidine rings is 2. The summed E-state index contributed by atoms with van der Waals surface area (Å²) in [6.45, 7) is 3.29. The number of hydrogen-bond donors (Lipinski definition) is 1. The third-order valence-electron chi connectivity index (χ3n) is 5.06. The summed E-state index contributed by atoms with van der Waals surface area (Å²) in [4.78, 5) is 9.43. The van der Waals surface area contributed by atoms with Crippen LogP contribution in [0.3, 0.4) is 0 Å². The van der Waals surface area contributed by atoms with Crippen LogP contribution in [0.1, 0.15) is 19.3 Å². The van der Waals surface area contributed by atoms with E-state index < -0.39 is 0 Å². The van der Waals surface area contributed by atoms with Crippen molar-refractivity contribution in [2.24, 2.45) is 5.92 Å². The highest BCUT2D eigenvalue weighted by Gasteiger charge is 2.35. The highest BCUT2D eigenvalue weighted by molar-refractivity contribution is 5.86. The van der Waals surface area contributed by atoms with Crippen molar-refractivity contribution in [3.05, 3.63) is 18.2 Å². The first-order valence-corrected chi connectivity index (χ1v) is 7.82. The molecule has 112 valence electrons. The Hall–Kier alpha value is -1.75. The molecule has 4 rings (SSSR count). The van der Waals surface area contributed by atoms with Crippen LogP contribution in [0.4, 0.5) is 11.7 Å². The molecule has 2 saturated heterocycles. The van der Waals surface area contributed by atoms with Gasteiger partial charge in [0.2, 0.25) is 0 Å². The minimum atomic E-state index is 0.690. The third kappa shape index (κ3) is 2.16. The number of benzene rings is 1. The second-order valence-corrected chi connectivity index (χ2v) is 6.38. The van der Waals surface area contributed by atoms with Gasteiger partial charge in [-0.05, 0) is 50.9 Å². The quantitative estimate of drug-likeness (QED) is 0.815. The monoisotopic (exact) mass is 286 g/mol. The Morgan fingerprint density at radius 3 is 3.05 bits per heavy atom. The van der Waals surface area contributed by atoms with Crippen molar-refractivity contribution in [1.82, 2.24) is 9.88 Å². The fraction of sp³-hybridized carbons (Fsp3) is 0.562. The van der Waals surface area contributed by atoms with Crippen molar-refractivity contribution < 1.29 is 4.42 Å². The molecular weight excluding hydrogens is 264 g/mol. The van der Waals surface area contributed by atoms with Crippen molar-refractivity contribution in [3.63, 3.8) is 0 Å². The van der Waals surface area contributed by atoms with Crippen molar-refractivity contribution in [3.8, 4) is 0 Å². The Bertz CT molecular complexity index is 653. The first-order valence-electron chi connectivity index (χ1n) is 7.82. The van der Waals surface area contributed by atoms with Crippen LogP contribution in [0.5, 0.6) is 0 Å². The van der Waals surface area contributed by atoms with E-state index in [1.165, 1.54) is 25.8 Å². The van der Waals surface area contributed by atoms with Gasteiger partial charge >= 0.3 is 0 Å². The van der Waals surface area contributed by atoms with Gasteiger partial charge in [-0.3, -0.25) is 0 Å². The van der Waals surface area contributed by atoms with E-state index in [-0.39, 0.29) is 0 Å². The zero-order valence-corrected chi connectivity index (χ0v) is 12.5. The average Bonchev–Trinajstić information content (AvgIpc) is 2.93. The molecule has 1 aromatic heterocycles. The number of oxazole rings is 1. The number of aromatic nitrogens is 1. The molecule has 0 amide bonds. The lowest BCUT2D eigenvalue weighted by Gasteiger charge is -2.45. The van der Waals surface area contributed by atoms with Crippen LogP contribution in [0, 0.1) is 5.92 Å². The van der Waals surface area contributed by atoms with Crippen LogP contribution in [-0.2, 0) is 0 Å². The lowest BCUT2D eigenvalue weighted by atomic mass is 9.84. The van der Waals surface area contributed by atoms with E-state index in [2.05, 4.69) is 21.8 Å². The van der Waals surface area contributed by atoms with Crippen LogP contribution < -0.4 is 10.6 Å². The summed E-state index contributed by atoms with van der Waals surface area (Å²) < 4.78 is 5.92. The van der Waals surface area contributed by atoms with E-state index in [0.717, 1.165) is 42.2 Å². The van der Waals surface area contributed by atoms with Crippen molar-refractivity contribution >= 4 is 22.8 Å². The second kappa shape index (κ2) is 4.91. The van der Waals surface area contributed by atoms with Crippen molar-refractivity contribution in [2.45, 2.75) is 25.3 Å². The molecule has 2 N–H and O–H groups in total. The summed E-state index contributed by atoms with van der Waals surface area (Å²) in [6.07, 6.45) is 3.80. The maximum absolute atomic E-state index is 5.98. The van der Waals surface area contributed by atoms with Gasteiger partial charge in [0.25, 0.3) is 6.01 Å². The Morgan fingerprint density at radius 1 is 1.29 bits per heavy atom. The number of nitrogens with zero attached hydrogens (tertiary/aromatic N) is 3. The lowest BCUT2D eigenvalue weighted by Crippen LogP contribution is -2.52. The number of rotatable bonds is 1. The van der Waals surface area contributed by atoms with Gasteiger partial charge in [-0.15, -0.1) is 0 Å². The first kappa shape index (κ1) is 13.0. The first-order chi connectivity index (χ1) is 10.2. The Balaban J connectivity index is 1.60. The molecule has 2 unspecified atom stereocenters. The molecule has 0 spiro atoms. The second-order valence-electron chi connectivity index (χ2n) is 6.38. The summed E-state index contributed by atoms with van der Waals surface area (Å²) in [7, 11) is 2.26. The zero-order valence-electron chi connectivity index (χ0n) is 12.5. The van der Waals surface area contributed by atoms with Crippen LogP contribution in [0.25, 0.3) is 11.1 Å². The Labute approximate surface area is 124 Å². The Morgan fingerprint density at radius 2 is 2.19 bits per heavy atom. The van der Waals surface area contributed by atoms with Gasteiger partial charge in [0.15, 0.2) is 5.58 Å². The van der Waals surface area contributed by atoms with E-state index in [1.807, 2.05) is 18.2 Å². The normalized spacial score (nSPS) is 27.0. The standard InChI is InChI=1S/C16H22N4O/c1-19-8-3-4-11-10-20(9-7-13(11)19)16-18-15-12(17)5-2-6-14(15)21-16/h2,5-6,11,13H,3-4,7-10,17H2,1H3. The van der Waals surface area contributed by atoms with Crippen LogP contribution >= 0.6 is 0 Å². The molecule has 2 atom stereocenters. The topological polar surface area (TPSA) is 58.5 Å². The molecule has 2 fully saturated rings. The summed E-state index contributed by atoms with van der Waals surface area (Å²) in [6, 6.07) is 7.17. The smallest absolute Gasteiger partial charge is 0.298 e. The molecule has 1 aromatic carbocycles. The van der Waals surface area contributed by atoms with Crippen molar-refractivity contribution in [1.29, 1.82) is 0 Å². The van der Waals surface area contributed by atoms with Crippen LogP contribution in [-0.4, -0.2) is 42.6 Å². The van der Waals surface area contributed by atoms with Gasteiger partial charge in [0.05, 0.1) is 5.69 Å². The number of anilines is 2. The van der Waals surface area contributed by atoms with Gasteiger partial charge in [-0.2, -0.15) is 4.98 Å². The number of nitrogens with two attached hydrogens (primary N) is 1. The number of nitrogen functional groups attached to an aromatic ring is 1. The van der Waals surface area contributed by atoms with E-state index in [1.54, 1.807) is 0 Å². The maximum Gasteiger partial charge on any atom is 0.298 e. The summed E-state index contributed by atoms with van der Waals surface area (Å²) >= 11 is 0. The molecule has 2 aliphatic heterocycles. The molecule has 2 aromatic rings. The predicted octanol–water partition coefficient (Wildman–Crippen LogP) is 2.33. The average molecular weight is 286 g/mol. The van der Waals surface area contributed by atoms with E-state index in [9.17, 15) is 0 Å². The minimum absolute atomic E-state index is 0.690. The van der Waals surface area contributed by atoms with Gasteiger partial charge in [0, 0.05) is 19.1 Å². The van der Waals surface area contributed by atoms with Crippen molar-refractivity contribution in [2.75, 3.05) is 37.3 Å². The van der Waals surface area contributed by atoms with E-state index >= 15 is 0 Å². The number of para-hydroxylation sites is 1. The third-order valence-corrected chi connectivity index (χ3v) is 5.06. The zero-order chi connectivity index (χ0) is 14.4. The van der Waals surface area contributed by atoms with Gasteiger partial charge in [0.1, 0.15) is 5.52 Å². The largest absolute Gasteiger partial charge is 0.423 e. The lowest BCUT2D eigenvalue weighted by molar-refractivity contribution is 0.101. The van der Waals surface area contributed by atoms with Crippen LogP contribution in [0.15, 0.2) is 22.6 Å². The molecule has 0 aliphatic carbocycles. The van der Waals surface area contributed by atoms with Gasteiger partial charge in [-0.25, -0.2) is 0 Å². The minimum Gasteiger partial charge on any atom is -0.423 e. The number of hydrogen-bond acceptors (Lipinski definition) is 5. The molecule has 0 radical (unpaired) electrons. The fourth-order valence-corrected chi connectivity index (χ4v) is 3.92. The maximum atomic E-state index is 5.98. The number of likely N-dealkylation sites (tertiary alicyclic amines) is 1. The van der Waals surface area contributed by atoms with Crippen LogP contribution in [0.2, 0.25) is 0 Å². The fourth-order valence-electron chi connectivity index (χ4n) is 3.92. The molecule has 5 heteroatoms. The SMILES string of the molecule is CN1CCCC2CN(c3nc4c(N)cccc4o3)CCC21. The molecule has 3 heterocycles. The summed E-state index contributed by atoms with van der Waals surface area (Å²) in [5.41, 5.74) is 8.24. The van der Waals surface area contributed by atoms with E-state index in [0.29, 0.717) is 5.69 Å². The highest BCUT2D eigenvalue weighted by Crippen LogP contribution is 2.33. The number of fused-ring (bicyclic) bond motifs is 2. The highest BCUT2D eigenvalue weighted by atomic mass is 16.4. The molecule has 5 nitrogen and oxygen atoms in total. The molecule has 0 bridgehead atoms. The van der Waals surface area contributed by atoms with Gasteiger partial charge in [-0.1, -0.05) is 6.07 Å². The van der Waals surface area contributed by atoms with E-state index in [4.69, 9.17) is 10.2 Å². The molecular formula is C16H22N4O. The Kier molecular flexibility index (Phi) is 3.03. The summed E-state index contributed by atoms with van der Waals surface area (Å²) in [5.74, 6) is 0.727. The molecule has 0 saturated carbocycles. The molecule has 21 heavy (non-hydrogen) atoms. The predicted molar refractivity (Wildman–Crippen MR) is 84.4 cm³/mol. The van der Waals surface area contributed by atoms with Gasteiger partial charge < -0.3 is 20.0 Å². The molecule has 2 aliphatic rings. The summed E-state index contributed by atoms with van der Waals surface area (Å²) in [5, 5.41) is 0.